The summed E-state index contributed by atoms with van der Waals surface area (Å²) in [5.41, 5.74) is 21.8. The molecule has 2 aliphatic heterocycles. The highest BCUT2D eigenvalue weighted by Gasteiger charge is 2.18. The molecule has 0 fully saturated rings. The van der Waals surface area contributed by atoms with Gasteiger partial charge in [-0.2, -0.15) is 0 Å². The van der Waals surface area contributed by atoms with Gasteiger partial charge in [0.25, 0.3) is 0 Å². The van der Waals surface area contributed by atoms with E-state index < -0.39 is 0 Å². The van der Waals surface area contributed by atoms with Gasteiger partial charge in [-0.05, 0) is 95.1 Å². The first-order chi connectivity index (χ1) is 24.6. The Hall–Kier alpha value is -6.92. The second kappa shape index (κ2) is 12.0. The number of aromatic hydroxyl groups is 1. The van der Waals surface area contributed by atoms with E-state index in [4.69, 9.17) is 15.7 Å². The van der Waals surface area contributed by atoms with Crippen LogP contribution >= 0.6 is 0 Å². The lowest BCUT2D eigenvalue weighted by Crippen LogP contribution is -1.90. The zero-order valence-electron chi connectivity index (χ0n) is 26.9. The maximum Gasteiger partial charge on any atom is 0.115 e. The molecular weight excluding hydrogens is 615 g/mol. The predicted octanol–water partition coefficient (Wildman–Crippen LogP) is 10.6. The van der Waals surface area contributed by atoms with Crippen molar-refractivity contribution in [2.75, 3.05) is 5.73 Å². The summed E-state index contributed by atoms with van der Waals surface area (Å²) in [6.07, 6.45) is 8.33. The number of H-pyrrole nitrogens is 2. The summed E-state index contributed by atoms with van der Waals surface area (Å²) >= 11 is 0. The zero-order chi connectivity index (χ0) is 33.6. The Morgan fingerprint density at radius 2 is 0.700 bits per heavy atom. The normalized spacial score (nSPS) is 12.0. The Kier molecular flexibility index (Phi) is 6.99. The highest BCUT2D eigenvalue weighted by atomic mass is 16.3. The van der Waals surface area contributed by atoms with Gasteiger partial charge in [0.05, 0.1) is 22.8 Å². The van der Waals surface area contributed by atoms with Crippen LogP contribution in [-0.4, -0.2) is 25.0 Å². The summed E-state index contributed by atoms with van der Waals surface area (Å²) in [5, 5.41) is 10.2. The van der Waals surface area contributed by atoms with Gasteiger partial charge in [0.2, 0.25) is 0 Å². The van der Waals surface area contributed by atoms with Gasteiger partial charge >= 0.3 is 0 Å². The van der Waals surface area contributed by atoms with E-state index in [9.17, 15) is 5.11 Å². The number of nitrogens with one attached hydrogen (secondary N) is 2. The van der Waals surface area contributed by atoms with E-state index in [-0.39, 0.29) is 5.75 Å². The molecule has 0 saturated heterocycles. The molecule has 0 amide bonds. The molecule has 6 nitrogen and oxygen atoms in total. The number of phenolic OH excluding ortho intramolecular Hbond substituents is 1. The van der Waals surface area contributed by atoms with Gasteiger partial charge in [0.15, 0.2) is 0 Å². The molecular formula is C44H31N5O. The highest BCUT2D eigenvalue weighted by molar-refractivity contribution is 5.99. The number of fused-ring (bicyclic) bond motifs is 8. The molecule has 7 aromatic rings. The number of nitrogen functional groups attached to an aromatic ring is 1. The molecule has 0 spiro atoms. The van der Waals surface area contributed by atoms with Crippen LogP contribution in [0.25, 0.3) is 90.9 Å². The number of hydrogen-bond acceptors (Lipinski definition) is 4. The molecule has 9 rings (SSSR count). The van der Waals surface area contributed by atoms with E-state index >= 15 is 0 Å². The van der Waals surface area contributed by atoms with Crippen molar-refractivity contribution in [1.29, 1.82) is 0 Å². The number of nitrogens with two attached hydrogens (primary N) is 1. The van der Waals surface area contributed by atoms with E-state index in [0.29, 0.717) is 5.69 Å². The van der Waals surface area contributed by atoms with Crippen molar-refractivity contribution in [2.45, 2.75) is 0 Å². The first-order valence-corrected chi connectivity index (χ1v) is 16.5. The fourth-order valence-corrected chi connectivity index (χ4v) is 6.91. The molecule has 238 valence electrons. The predicted molar refractivity (Wildman–Crippen MR) is 207 cm³/mol. The van der Waals surface area contributed by atoms with Crippen molar-refractivity contribution < 1.29 is 5.11 Å². The van der Waals surface area contributed by atoms with Crippen molar-refractivity contribution >= 4 is 52.1 Å². The lowest BCUT2D eigenvalue weighted by atomic mass is 10.0. The Morgan fingerprint density at radius 1 is 0.380 bits per heavy atom. The number of aromatic amines is 2. The molecule has 3 aromatic heterocycles. The van der Waals surface area contributed by atoms with Crippen molar-refractivity contribution in [1.82, 2.24) is 19.9 Å². The molecule has 0 atom stereocenters. The van der Waals surface area contributed by atoms with Crippen molar-refractivity contribution in [2.24, 2.45) is 0 Å². The minimum Gasteiger partial charge on any atom is -0.508 e. The number of anilines is 1. The van der Waals surface area contributed by atoms with Crippen LogP contribution in [0.4, 0.5) is 5.69 Å². The van der Waals surface area contributed by atoms with Crippen LogP contribution in [0.15, 0.2) is 133 Å². The van der Waals surface area contributed by atoms with Crippen molar-refractivity contribution in [3.8, 4) is 50.3 Å². The van der Waals surface area contributed by atoms with Crippen LogP contribution in [0.2, 0.25) is 0 Å². The van der Waals surface area contributed by atoms with E-state index in [0.717, 1.165) is 89.4 Å². The van der Waals surface area contributed by atoms with E-state index in [2.05, 4.69) is 107 Å². The average molecular weight is 646 g/mol. The van der Waals surface area contributed by atoms with Crippen LogP contribution in [0.1, 0.15) is 22.8 Å². The molecule has 4 aromatic carbocycles. The highest BCUT2D eigenvalue weighted by Crippen LogP contribution is 2.38. The van der Waals surface area contributed by atoms with Gasteiger partial charge < -0.3 is 20.8 Å². The summed E-state index contributed by atoms with van der Waals surface area (Å²) < 4.78 is 0. The minimum absolute atomic E-state index is 0.205. The van der Waals surface area contributed by atoms with Gasteiger partial charge in [-0.25, -0.2) is 9.97 Å². The second-order valence-corrected chi connectivity index (χ2v) is 12.4. The molecule has 50 heavy (non-hydrogen) atoms. The van der Waals surface area contributed by atoms with E-state index in [1.54, 1.807) is 12.1 Å². The number of phenols is 1. The van der Waals surface area contributed by atoms with Crippen LogP contribution in [0.3, 0.4) is 0 Å². The smallest absolute Gasteiger partial charge is 0.115 e. The molecule has 2 aliphatic rings. The molecule has 5 N–H and O–H groups in total. The number of rotatable bonds is 4. The second-order valence-electron chi connectivity index (χ2n) is 12.4. The lowest BCUT2D eigenvalue weighted by Gasteiger charge is -2.07. The fourth-order valence-electron chi connectivity index (χ4n) is 6.91. The average Bonchev–Trinajstić information content (AvgIpc) is 3.98. The Bertz CT molecular complexity index is 2450. The van der Waals surface area contributed by atoms with E-state index in [1.165, 1.54) is 0 Å². The maximum absolute atomic E-state index is 10.2. The molecule has 5 heterocycles. The Labute approximate surface area is 288 Å². The van der Waals surface area contributed by atoms with Gasteiger partial charge in [-0.15, -0.1) is 0 Å². The molecule has 6 heteroatoms. The topological polar surface area (TPSA) is 104 Å². The van der Waals surface area contributed by atoms with Crippen LogP contribution in [0, 0.1) is 0 Å². The van der Waals surface area contributed by atoms with Crippen LogP contribution < -0.4 is 5.73 Å². The third-order valence-electron chi connectivity index (χ3n) is 9.23. The quantitative estimate of drug-likeness (QED) is 0.143. The standard InChI is InChI=1S/C44H31N5O/c45-31-15-11-29(12-16-31)43-37-23-21-35(47-37)41(27-7-3-1-4-8-27)33-19-20-34(46-33)42(28-9-5-2-6-10-28)36-22-24-39(48-36)44(40-26-25-38(43)49-40)30-13-17-32(50)18-14-30/h1-26,47-48,50H,45H2. The number of benzene rings is 4. The monoisotopic (exact) mass is 645 g/mol. The maximum atomic E-state index is 10.2. The van der Waals surface area contributed by atoms with Gasteiger partial charge in [0.1, 0.15) is 5.75 Å². The molecule has 8 bridgehead atoms. The third kappa shape index (κ3) is 5.16. The third-order valence-corrected chi connectivity index (χ3v) is 9.23. The summed E-state index contributed by atoms with van der Waals surface area (Å²) in [6.45, 7) is 0. The first-order valence-electron chi connectivity index (χ1n) is 16.5. The lowest BCUT2D eigenvalue weighted by molar-refractivity contribution is 0.475. The molecule has 0 radical (unpaired) electrons. The van der Waals surface area contributed by atoms with E-state index in [1.807, 2.05) is 48.5 Å². The zero-order valence-corrected chi connectivity index (χ0v) is 26.9. The summed E-state index contributed by atoms with van der Waals surface area (Å²) in [6, 6.07) is 44.4. The number of hydrogen-bond donors (Lipinski definition) is 4. The fraction of sp³-hybridized carbons (Fsp3) is 0. The summed E-state index contributed by atoms with van der Waals surface area (Å²) in [7, 11) is 0. The SMILES string of the molecule is Nc1ccc(-c2c3nc(c(-c4ccc(O)cc4)c4ccc([nH]4)c(-c4ccccc4)c4nc(c(-c5ccccc5)c5ccc2[nH]5)C=C4)C=C3)cc1. The molecule has 0 saturated carbocycles. The molecule has 0 aliphatic carbocycles. The number of aromatic nitrogens is 4. The number of nitrogens with zero attached hydrogens (tertiary/aromatic N) is 2. The summed E-state index contributed by atoms with van der Waals surface area (Å²) in [4.78, 5) is 18.1. The molecule has 0 unspecified atom stereocenters. The Balaban J connectivity index is 1.48. The first kappa shape index (κ1) is 29.2. The van der Waals surface area contributed by atoms with Gasteiger partial charge in [-0.1, -0.05) is 84.9 Å². The Morgan fingerprint density at radius 3 is 1.06 bits per heavy atom. The van der Waals surface area contributed by atoms with Gasteiger partial charge in [-0.3, -0.25) is 0 Å². The van der Waals surface area contributed by atoms with Gasteiger partial charge in [0, 0.05) is 50.0 Å². The van der Waals surface area contributed by atoms with Crippen molar-refractivity contribution in [3.05, 3.63) is 156 Å². The summed E-state index contributed by atoms with van der Waals surface area (Å²) in [5.74, 6) is 0.205. The largest absolute Gasteiger partial charge is 0.508 e. The minimum atomic E-state index is 0.205. The van der Waals surface area contributed by atoms with Crippen LogP contribution in [0.5, 0.6) is 5.75 Å². The van der Waals surface area contributed by atoms with Crippen molar-refractivity contribution in [3.63, 3.8) is 0 Å². The van der Waals surface area contributed by atoms with Crippen LogP contribution in [-0.2, 0) is 0 Å².